The van der Waals surface area contributed by atoms with Gasteiger partial charge in [-0.1, -0.05) is 66.7 Å². The van der Waals surface area contributed by atoms with E-state index in [-0.39, 0.29) is 12.5 Å². The first-order valence-electron chi connectivity index (χ1n) is 12.8. The Bertz CT molecular complexity index is 1070. The summed E-state index contributed by atoms with van der Waals surface area (Å²) in [5, 5.41) is 3.41. The van der Waals surface area contributed by atoms with Gasteiger partial charge in [0.1, 0.15) is 5.75 Å². The van der Waals surface area contributed by atoms with Crippen LogP contribution in [0.25, 0.3) is 11.1 Å². The molecule has 3 aromatic rings. The second-order valence-electron chi connectivity index (χ2n) is 9.14. The Kier molecular flexibility index (Phi) is 9.91. The van der Waals surface area contributed by atoms with E-state index in [1.54, 1.807) is 7.11 Å². The van der Waals surface area contributed by atoms with Crippen LogP contribution in [0.15, 0.2) is 78.9 Å². The Labute approximate surface area is 214 Å². The number of nitrogens with one attached hydrogen (secondary N) is 1. The molecule has 1 N–H and O–H groups in total. The number of carbonyl (C=O) groups excluding carboxylic acids is 1. The van der Waals surface area contributed by atoms with Gasteiger partial charge in [0.05, 0.1) is 0 Å². The van der Waals surface area contributed by atoms with Gasteiger partial charge in [-0.25, -0.2) is 0 Å². The quantitative estimate of drug-likeness (QED) is 0.388. The maximum atomic E-state index is 13.1. The van der Waals surface area contributed by atoms with E-state index in [0.29, 0.717) is 25.4 Å². The van der Waals surface area contributed by atoms with Crippen LogP contribution in [0.4, 0.5) is 0 Å². The first-order valence-corrected chi connectivity index (χ1v) is 12.8. The van der Waals surface area contributed by atoms with E-state index < -0.39 is 0 Å². The van der Waals surface area contributed by atoms with E-state index in [9.17, 15) is 4.79 Å². The Morgan fingerprint density at radius 1 is 0.944 bits per heavy atom. The van der Waals surface area contributed by atoms with Crippen molar-refractivity contribution >= 4 is 5.91 Å². The predicted molar refractivity (Wildman–Crippen MR) is 144 cm³/mol. The lowest BCUT2D eigenvalue weighted by atomic mass is 9.98. The summed E-state index contributed by atoms with van der Waals surface area (Å²) in [6, 6.07) is 26.7. The van der Waals surface area contributed by atoms with Gasteiger partial charge in [0.25, 0.3) is 5.91 Å². The Morgan fingerprint density at radius 2 is 1.67 bits per heavy atom. The summed E-state index contributed by atoms with van der Waals surface area (Å²) in [5.41, 5.74) is 4.77. The highest BCUT2D eigenvalue weighted by Gasteiger charge is 2.17. The second-order valence-corrected chi connectivity index (χ2v) is 9.14. The van der Waals surface area contributed by atoms with Crippen LogP contribution >= 0.6 is 0 Å². The minimum absolute atomic E-state index is 0.0138. The van der Waals surface area contributed by atoms with Crippen LogP contribution in [0.3, 0.4) is 0 Å². The van der Waals surface area contributed by atoms with Gasteiger partial charge in [0.15, 0.2) is 6.61 Å². The molecule has 0 radical (unpaired) electrons. The van der Waals surface area contributed by atoms with Gasteiger partial charge in [0, 0.05) is 59.5 Å². The molecule has 1 fully saturated rings. The van der Waals surface area contributed by atoms with Crippen molar-refractivity contribution in [2.24, 2.45) is 0 Å². The van der Waals surface area contributed by atoms with Gasteiger partial charge in [-0.3, -0.25) is 9.69 Å². The zero-order valence-corrected chi connectivity index (χ0v) is 21.2. The van der Waals surface area contributed by atoms with E-state index in [2.05, 4.69) is 52.7 Å². The third-order valence-electron chi connectivity index (χ3n) is 6.49. The Morgan fingerprint density at radius 3 is 2.42 bits per heavy atom. The van der Waals surface area contributed by atoms with E-state index in [4.69, 9.17) is 9.47 Å². The molecule has 3 aromatic carbocycles. The number of amides is 1. The van der Waals surface area contributed by atoms with E-state index in [1.165, 1.54) is 11.1 Å². The summed E-state index contributed by atoms with van der Waals surface area (Å²) in [6.07, 6.45) is 0.774. The largest absolute Gasteiger partial charge is 0.484 e. The highest BCUT2D eigenvalue weighted by atomic mass is 16.5. The van der Waals surface area contributed by atoms with Gasteiger partial charge in [-0.2, -0.15) is 0 Å². The molecule has 0 aliphatic carbocycles. The fourth-order valence-electron chi connectivity index (χ4n) is 4.51. The number of para-hydroxylation sites is 1. The number of nitrogens with zero attached hydrogens (tertiary/aromatic N) is 2. The first kappa shape index (κ1) is 25.9. The van der Waals surface area contributed by atoms with Crippen molar-refractivity contribution in [3.8, 4) is 16.9 Å². The molecule has 1 aliphatic rings. The minimum atomic E-state index is -0.0314. The SMILES string of the molecule is COCCCN(Cc1ccccc1-c1ccc(CN2CCNCC2)cc1)C(=O)COc1ccccc1. The highest BCUT2D eigenvalue weighted by Crippen LogP contribution is 2.26. The number of hydrogen-bond donors (Lipinski definition) is 1. The van der Waals surface area contributed by atoms with Crippen molar-refractivity contribution < 1.29 is 14.3 Å². The van der Waals surface area contributed by atoms with Crippen LogP contribution in [-0.4, -0.2) is 68.8 Å². The molecule has 6 nitrogen and oxygen atoms in total. The van der Waals surface area contributed by atoms with Crippen LogP contribution in [0.5, 0.6) is 5.75 Å². The average molecular weight is 488 g/mol. The molecule has 36 heavy (non-hydrogen) atoms. The van der Waals surface area contributed by atoms with Crippen LogP contribution in [0.1, 0.15) is 17.5 Å². The zero-order valence-electron chi connectivity index (χ0n) is 21.2. The van der Waals surface area contributed by atoms with Crippen molar-refractivity contribution in [2.45, 2.75) is 19.5 Å². The normalized spacial score (nSPS) is 13.9. The fourth-order valence-corrected chi connectivity index (χ4v) is 4.51. The van der Waals surface area contributed by atoms with Crippen molar-refractivity contribution in [1.29, 1.82) is 0 Å². The summed E-state index contributed by atoms with van der Waals surface area (Å²) < 4.78 is 11.0. The molecule has 6 heteroatoms. The van der Waals surface area contributed by atoms with Gasteiger partial charge in [-0.05, 0) is 40.8 Å². The summed E-state index contributed by atoms with van der Waals surface area (Å²) in [6.45, 7) is 7.04. The van der Waals surface area contributed by atoms with E-state index in [1.807, 2.05) is 41.3 Å². The molecule has 190 valence electrons. The smallest absolute Gasteiger partial charge is 0.260 e. The van der Waals surface area contributed by atoms with Crippen molar-refractivity contribution in [3.63, 3.8) is 0 Å². The summed E-state index contributed by atoms with van der Waals surface area (Å²) in [5.74, 6) is 0.667. The summed E-state index contributed by atoms with van der Waals surface area (Å²) in [4.78, 5) is 17.5. The van der Waals surface area contributed by atoms with Gasteiger partial charge >= 0.3 is 0 Å². The van der Waals surface area contributed by atoms with Crippen molar-refractivity contribution in [1.82, 2.24) is 15.1 Å². The van der Waals surface area contributed by atoms with Gasteiger partial charge in [0.2, 0.25) is 0 Å². The van der Waals surface area contributed by atoms with E-state index in [0.717, 1.165) is 50.3 Å². The summed E-state index contributed by atoms with van der Waals surface area (Å²) >= 11 is 0. The molecule has 4 rings (SSSR count). The first-order chi connectivity index (χ1) is 17.7. The molecule has 0 saturated carbocycles. The van der Waals surface area contributed by atoms with Crippen LogP contribution in [0.2, 0.25) is 0 Å². The number of benzene rings is 3. The maximum absolute atomic E-state index is 13.1. The highest BCUT2D eigenvalue weighted by molar-refractivity contribution is 5.78. The lowest BCUT2D eigenvalue weighted by Crippen LogP contribution is -2.42. The zero-order chi connectivity index (χ0) is 25.0. The molecule has 0 unspecified atom stereocenters. The van der Waals surface area contributed by atoms with Crippen molar-refractivity contribution in [3.05, 3.63) is 90.0 Å². The number of methoxy groups -OCH3 is 1. The maximum Gasteiger partial charge on any atom is 0.260 e. The number of piperazine rings is 1. The average Bonchev–Trinajstić information content (AvgIpc) is 2.93. The van der Waals surface area contributed by atoms with E-state index >= 15 is 0 Å². The lowest BCUT2D eigenvalue weighted by Gasteiger charge is -2.27. The standard InChI is InChI=1S/C30H37N3O3/c1-35-21-7-18-33(30(34)24-36-28-9-3-2-4-10-28)23-27-8-5-6-11-29(27)26-14-12-25(13-15-26)22-32-19-16-31-17-20-32/h2-6,8-15,31H,7,16-24H2,1H3. The molecule has 0 aromatic heterocycles. The number of carbonyl (C=O) groups is 1. The lowest BCUT2D eigenvalue weighted by molar-refractivity contribution is -0.134. The molecule has 1 amide bonds. The minimum Gasteiger partial charge on any atom is -0.484 e. The van der Waals surface area contributed by atoms with Crippen LogP contribution in [0, 0.1) is 0 Å². The molecule has 0 atom stereocenters. The predicted octanol–water partition coefficient (Wildman–Crippen LogP) is 4.20. The Hall–Kier alpha value is -3.19. The van der Waals surface area contributed by atoms with Crippen LogP contribution < -0.4 is 10.1 Å². The third kappa shape index (κ3) is 7.65. The summed E-state index contributed by atoms with van der Waals surface area (Å²) in [7, 11) is 1.69. The molecular formula is C30H37N3O3. The van der Waals surface area contributed by atoms with Gasteiger partial charge in [-0.15, -0.1) is 0 Å². The van der Waals surface area contributed by atoms with Crippen molar-refractivity contribution in [2.75, 3.05) is 53.0 Å². The second kappa shape index (κ2) is 13.8. The number of ether oxygens (including phenoxy) is 2. The molecule has 1 saturated heterocycles. The fraction of sp³-hybridized carbons (Fsp3) is 0.367. The molecule has 0 bridgehead atoms. The number of hydrogen-bond acceptors (Lipinski definition) is 5. The monoisotopic (exact) mass is 487 g/mol. The molecule has 0 spiro atoms. The topological polar surface area (TPSA) is 54.0 Å². The van der Waals surface area contributed by atoms with Gasteiger partial charge < -0.3 is 19.7 Å². The molecular weight excluding hydrogens is 450 g/mol. The third-order valence-corrected chi connectivity index (χ3v) is 6.49. The Balaban J connectivity index is 1.45. The molecule has 1 heterocycles. The van der Waals surface area contributed by atoms with Crippen LogP contribution in [-0.2, 0) is 22.6 Å². The molecule has 1 aliphatic heterocycles. The number of rotatable bonds is 12.